The highest BCUT2D eigenvalue weighted by Crippen LogP contribution is 2.17. The highest BCUT2D eigenvalue weighted by atomic mass is 79.9. The third-order valence-corrected chi connectivity index (χ3v) is 3.12. The van der Waals surface area contributed by atoms with E-state index >= 15 is 0 Å². The third-order valence-electron chi connectivity index (χ3n) is 2.63. The first-order valence-electron chi connectivity index (χ1n) is 6.27. The van der Waals surface area contributed by atoms with Crippen LogP contribution in [-0.2, 0) is 4.74 Å². The maximum Gasteiger partial charge on any atom is 0.0898 e. The Labute approximate surface area is 118 Å². The Balaban J connectivity index is 2.34. The van der Waals surface area contributed by atoms with Gasteiger partial charge in [-0.25, -0.2) is 0 Å². The molecule has 0 spiro atoms. The van der Waals surface area contributed by atoms with Crippen LogP contribution >= 0.6 is 15.9 Å². The summed E-state index contributed by atoms with van der Waals surface area (Å²) in [6.07, 6.45) is -0.316. The minimum atomic E-state index is -0.470. The number of hydrogen-bond donors (Lipinski definition) is 2. The first kappa shape index (κ1) is 15.6. The highest BCUT2D eigenvalue weighted by molar-refractivity contribution is 9.10. The van der Waals surface area contributed by atoms with Gasteiger partial charge in [0.1, 0.15) is 0 Å². The lowest BCUT2D eigenvalue weighted by atomic mass is 10.1. The Morgan fingerprint density at radius 1 is 1.33 bits per heavy atom. The van der Waals surface area contributed by atoms with Gasteiger partial charge < -0.3 is 15.2 Å². The summed E-state index contributed by atoms with van der Waals surface area (Å²) in [5, 5.41) is 13.1. The summed E-state index contributed by atoms with van der Waals surface area (Å²) < 4.78 is 6.43. The van der Waals surface area contributed by atoms with E-state index < -0.39 is 6.10 Å². The fourth-order valence-corrected chi connectivity index (χ4v) is 1.99. The van der Waals surface area contributed by atoms with Crippen LogP contribution in [0.1, 0.15) is 32.4 Å². The van der Waals surface area contributed by atoms with E-state index in [2.05, 4.69) is 40.3 Å². The number of aliphatic hydroxyl groups is 1. The Morgan fingerprint density at radius 3 is 2.67 bits per heavy atom. The van der Waals surface area contributed by atoms with Crippen molar-refractivity contribution >= 4 is 15.9 Å². The van der Waals surface area contributed by atoms with Gasteiger partial charge in [0.05, 0.1) is 18.8 Å². The van der Waals surface area contributed by atoms with Crippen LogP contribution in [-0.4, -0.2) is 30.5 Å². The Bertz CT molecular complexity index is 357. The fraction of sp³-hybridized carbons (Fsp3) is 0.571. The van der Waals surface area contributed by atoms with Gasteiger partial charge in [0, 0.05) is 17.1 Å². The molecule has 0 saturated carbocycles. The zero-order chi connectivity index (χ0) is 13.5. The van der Waals surface area contributed by atoms with Crippen molar-refractivity contribution in [3.05, 3.63) is 34.3 Å². The summed E-state index contributed by atoms with van der Waals surface area (Å²) in [6.45, 7) is 6.91. The third kappa shape index (κ3) is 5.96. The fourth-order valence-electron chi connectivity index (χ4n) is 1.57. The second kappa shape index (κ2) is 7.89. The molecule has 0 fully saturated rings. The standard InChI is InChI=1S/C14H22BrNO2/c1-10(2)18-9-14(17)8-16-11(3)12-5-4-6-13(15)7-12/h4-7,10-11,14,16-17H,8-9H2,1-3H3/t11-,14?/m1/s1. The van der Waals surface area contributed by atoms with Gasteiger partial charge in [-0.05, 0) is 38.5 Å². The topological polar surface area (TPSA) is 41.5 Å². The average Bonchev–Trinajstić information content (AvgIpc) is 2.33. The van der Waals surface area contributed by atoms with Gasteiger partial charge in [0.25, 0.3) is 0 Å². The number of rotatable bonds is 7. The minimum Gasteiger partial charge on any atom is -0.389 e. The van der Waals surface area contributed by atoms with Crippen molar-refractivity contribution < 1.29 is 9.84 Å². The number of aliphatic hydroxyl groups excluding tert-OH is 1. The van der Waals surface area contributed by atoms with Crippen molar-refractivity contribution in [2.75, 3.05) is 13.2 Å². The summed E-state index contributed by atoms with van der Waals surface area (Å²) in [4.78, 5) is 0. The molecule has 0 aliphatic heterocycles. The molecule has 1 aromatic rings. The van der Waals surface area contributed by atoms with E-state index in [4.69, 9.17) is 4.74 Å². The van der Waals surface area contributed by atoms with Crippen molar-refractivity contribution in [1.82, 2.24) is 5.32 Å². The van der Waals surface area contributed by atoms with Gasteiger partial charge in [-0.15, -0.1) is 0 Å². The van der Waals surface area contributed by atoms with E-state index in [1.165, 1.54) is 5.56 Å². The molecule has 102 valence electrons. The van der Waals surface area contributed by atoms with Crippen LogP contribution in [0.15, 0.2) is 28.7 Å². The van der Waals surface area contributed by atoms with Gasteiger partial charge in [-0.1, -0.05) is 28.1 Å². The average molecular weight is 316 g/mol. The van der Waals surface area contributed by atoms with Crippen molar-refractivity contribution in [1.29, 1.82) is 0 Å². The van der Waals surface area contributed by atoms with E-state index in [9.17, 15) is 5.11 Å². The van der Waals surface area contributed by atoms with Crippen molar-refractivity contribution in [3.63, 3.8) is 0 Å². The SMILES string of the molecule is CC(C)OCC(O)CN[C@H](C)c1cccc(Br)c1. The van der Waals surface area contributed by atoms with Gasteiger partial charge in [-0.2, -0.15) is 0 Å². The molecule has 18 heavy (non-hydrogen) atoms. The predicted molar refractivity (Wildman–Crippen MR) is 77.7 cm³/mol. The Kier molecular flexibility index (Phi) is 6.86. The van der Waals surface area contributed by atoms with Crippen molar-refractivity contribution in [2.24, 2.45) is 0 Å². The number of hydrogen-bond acceptors (Lipinski definition) is 3. The lowest BCUT2D eigenvalue weighted by Gasteiger charge is -2.18. The quantitative estimate of drug-likeness (QED) is 0.813. The summed E-state index contributed by atoms with van der Waals surface area (Å²) in [5.74, 6) is 0. The second-order valence-corrected chi connectivity index (χ2v) is 5.64. The molecular weight excluding hydrogens is 294 g/mol. The molecule has 0 amide bonds. The van der Waals surface area contributed by atoms with E-state index in [1.807, 2.05) is 26.0 Å². The molecule has 0 saturated heterocycles. The first-order chi connectivity index (χ1) is 8.49. The van der Waals surface area contributed by atoms with Gasteiger partial charge in [0.15, 0.2) is 0 Å². The molecule has 0 radical (unpaired) electrons. The van der Waals surface area contributed by atoms with Gasteiger partial charge >= 0.3 is 0 Å². The molecule has 0 heterocycles. The smallest absolute Gasteiger partial charge is 0.0898 e. The molecule has 2 N–H and O–H groups in total. The zero-order valence-electron chi connectivity index (χ0n) is 11.2. The van der Waals surface area contributed by atoms with Crippen LogP contribution in [0, 0.1) is 0 Å². The van der Waals surface area contributed by atoms with Crippen LogP contribution in [0.2, 0.25) is 0 Å². The molecule has 3 nitrogen and oxygen atoms in total. The van der Waals surface area contributed by atoms with Crippen LogP contribution in [0.3, 0.4) is 0 Å². The van der Waals surface area contributed by atoms with Crippen LogP contribution < -0.4 is 5.32 Å². The predicted octanol–water partition coefficient (Wildman–Crippen LogP) is 2.89. The minimum absolute atomic E-state index is 0.155. The molecule has 0 aliphatic carbocycles. The molecule has 1 unspecified atom stereocenters. The monoisotopic (exact) mass is 315 g/mol. The lowest BCUT2D eigenvalue weighted by molar-refractivity contribution is 0.00560. The largest absolute Gasteiger partial charge is 0.389 e. The molecule has 1 rings (SSSR count). The molecule has 4 heteroatoms. The maximum absolute atomic E-state index is 9.75. The lowest BCUT2D eigenvalue weighted by Crippen LogP contribution is -2.32. The van der Waals surface area contributed by atoms with Gasteiger partial charge in [-0.3, -0.25) is 0 Å². The normalized spacial score (nSPS) is 14.8. The molecule has 0 bridgehead atoms. The van der Waals surface area contributed by atoms with E-state index in [0.29, 0.717) is 13.2 Å². The van der Waals surface area contributed by atoms with Crippen molar-refractivity contribution in [3.8, 4) is 0 Å². The first-order valence-corrected chi connectivity index (χ1v) is 7.07. The Hall–Kier alpha value is -0.420. The number of ether oxygens (including phenoxy) is 1. The Morgan fingerprint density at radius 2 is 2.06 bits per heavy atom. The molecule has 0 aromatic heterocycles. The summed E-state index contributed by atoms with van der Waals surface area (Å²) in [6, 6.07) is 8.36. The molecule has 0 aliphatic rings. The van der Waals surface area contributed by atoms with Gasteiger partial charge in [0.2, 0.25) is 0 Å². The van der Waals surface area contributed by atoms with E-state index in [-0.39, 0.29) is 12.1 Å². The van der Waals surface area contributed by atoms with Crippen LogP contribution in [0.4, 0.5) is 0 Å². The molecule has 2 atom stereocenters. The van der Waals surface area contributed by atoms with Crippen LogP contribution in [0.5, 0.6) is 0 Å². The maximum atomic E-state index is 9.75. The number of benzene rings is 1. The number of halogens is 1. The van der Waals surface area contributed by atoms with E-state index in [0.717, 1.165) is 4.47 Å². The van der Waals surface area contributed by atoms with E-state index in [1.54, 1.807) is 0 Å². The summed E-state index contributed by atoms with van der Waals surface area (Å²) >= 11 is 3.45. The molecular formula is C14H22BrNO2. The molecule has 1 aromatic carbocycles. The van der Waals surface area contributed by atoms with Crippen LogP contribution in [0.25, 0.3) is 0 Å². The second-order valence-electron chi connectivity index (χ2n) is 4.72. The van der Waals surface area contributed by atoms with Crippen molar-refractivity contribution in [2.45, 2.75) is 39.0 Å². The summed E-state index contributed by atoms with van der Waals surface area (Å²) in [7, 11) is 0. The summed E-state index contributed by atoms with van der Waals surface area (Å²) in [5.41, 5.74) is 1.20. The highest BCUT2D eigenvalue weighted by Gasteiger charge is 2.09. The zero-order valence-corrected chi connectivity index (χ0v) is 12.8. The number of nitrogens with one attached hydrogen (secondary N) is 1.